The molecule has 0 bridgehead atoms. The zero-order valence-corrected chi connectivity index (χ0v) is 8.86. The van der Waals surface area contributed by atoms with E-state index < -0.39 is 0 Å². The Kier molecular flexibility index (Phi) is 3.72. The molecule has 1 aromatic rings. The number of hydrogen-bond acceptors (Lipinski definition) is 2. The Balaban J connectivity index is 3.32. The minimum absolute atomic E-state index is 0.0585. The lowest BCUT2D eigenvalue weighted by atomic mass is 10.0. The van der Waals surface area contributed by atoms with E-state index in [0.29, 0.717) is 23.3 Å². The van der Waals surface area contributed by atoms with Gasteiger partial charge in [-0.25, -0.2) is 4.39 Å². The number of aliphatic hydroxyl groups excluding tert-OH is 1. The lowest BCUT2D eigenvalue weighted by Gasteiger charge is -2.12. The maximum Gasteiger partial charge on any atom is 0.141 e. The predicted molar refractivity (Wildman–Crippen MR) is 53.5 cm³/mol. The van der Waals surface area contributed by atoms with Crippen LogP contribution >= 0.6 is 11.6 Å². The third kappa shape index (κ3) is 1.99. The van der Waals surface area contributed by atoms with Gasteiger partial charge < -0.3 is 9.84 Å². The van der Waals surface area contributed by atoms with E-state index >= 15 is 0 Å². The van der Waals surface area contributed by atoms with Gasteiger partial charge in [-0.3, -0.25) is 0 Å². The monoisotopic (exact) mass is 218 g/mol. The van der Waals surface area contributed by atoms with Crippen LogP contribution in [0.15, 0.2) is 6.07 Å². The lowest BCUT2D eigenvalue weighted by Crippen LogP contribution is -2.01. The van der Waals surface area contributed by atoms with Crippen molar-refractivity contribution in [1.82, 2.24) is 0 Å². The molecule has 0 radical (unpaired) electrons. The molecule has 0 amide bonds. The van der Waals surface area contributed by atoms with Crippen molar-refractivity contribution in [1.29, 1.82) is 0 Å². The molecule has 0 aromatic heterocycles. The van der Waals surface area contributed by atoms with Crippen molar-refractivity contribution < 1.29 is 14.2 Å². The molecule has 1 aromatic carbocycles. The van der Waals surface area contributed by atoms with Gasteiger partial charge in [-0.05, 0) is 25.0 Å². The van der Waals surface area contributed by atoms with E-state index in [1.54, 1.807) is 6.92 Å². The lowest BCUT2D eigenvalue weighted by molar-refractivity contribution is 0.296. The molecule has 2 nitrogen and oxygen atoms in total. The van der Waals surface area contributed by atoms with Crippen LogP contribution in [0.25, 0.3) is 0 Å². The van der Waals surface area contributed by atoms with Crippen LogP contribution in [-0.2, 0) is 6.42 Å². The van der Waals surface area contributed by atoms with Gasteiger partial charge >= 0.3 is 0 Å². The topological polar surface area (TPSA) is 29.5 Å². The molecule has 1 N–H and O–H groups in total. The molecular formula is C10H12ClFO2. The molecule has 0 aliphatic carbocycles. The smallest absolute Gasteiger partial charge is 0.141 e. The minimum atomic E-state index is -0.376. The van der Waals surface area contributed by atoms with E-state index in [0.717, 1.165) is 0 Å². The third-order valence-corrected chi connectivity index (χ3v) is 2.40. The Bertz CT molecular complexity index is 339. The van der Waals surface area contributed by atoms with Gasteiger partial charge in [-0.15, -0.1) is 0 Å². The number of methoxy groups -OCH3 is 1. The van der Waals surface area contributed by atoms with Gasteiger partial charge in [0.15, 0.2) is 0 Å². The number of aliphatic hydroxyl groups is 1. The van der Waals surface area contributed by atoms with Gasteiger partial charge in [0.05, 0.1) is 12.1 Å². The number of halogens is 2. The summed E-state index contributed by atoms with van der Waals surface area (Å²) in [6.45, 7) is 1.58. The molecule has 0 atom stereocenters. The van der Waals surface area contributed by atoms with Gasteiger partial charge in [-0.2, -0.15) is 0 Å². The molecule has 4 heteroatoms. The number of rotatable bonds is 3. The molecular weight excluding hydrogens is 207 g/mol. The van der Waals surface area contributed by atoms with Crippen molar-refractivity contribution in [3.8, 4) is 5.75 Å². The van der Waals surface area contributed by atoms with Crippen molar-refractivity contribution in [2.45, 2.75) is 13.3 Å². The van der Waals surface area contributed by atoms with Gasteiger partial charge in [0.1, 0.15) is 11.6 Å². The second-order valence-electron chi connectivity index (χ2n) is 2.95. The normalized spacial score (nSPS) is 10.4. The fourth-order valence-corrected chi connectivity index (χ4v) is 1.66. The molecule has 1 rings (SSSR count). The highest BCUT2D eigenvalue weighted by molar-refractivity contribution is 6.32. The molecule has 0 aliphatic rings. The van der Waals surface area contributed by atoms with E-state index in [9.17, 15) is 4.39 Å². The second kappa shape index (κ2) is 4.62. The molecule has 0 fully saturated rings. The van der Waals surface area contributed by atoms with Crippen molar-refractivity contribution in [3.05, 3.63) is 28.0 Å². The maximum absolute atomic E-state index is 13.3. The molecule has 0 unspecified atom stereocenters. The van der Waals surface area contributed by atoms with Crippen LogP contribution in [0.1, 0.15) is 11.1 Å². The Morgan fingerprint density at radius 1 is 1.57 bits per heavy atom. The van der Waals surface area contributed by atoms with E-state index in [2.05, 4.69) is 0 Å². The van der Waals surface area contributed by atoms with E-state index in [-0.39, 0.29) is 17.4 Å². The Morgan fingerprint density at radius 3 is 2.71 bits per heavy atom. The summed E-state index contributed by atoms with van der Waals surface area (Å²) in [4.78, 5) is 0. The van der Waals surface area contributed by atoms with Gasteiger partial charge in [-0.1, -0.05) is 11.6 Å². The SMILES string of the molecule is COc1c(Cl)cc(F)c(C)c1CCO. The first kappa shape index (κ1) is 11.3. The number of benzene rings is 1. The largest absolute Gasteiger partial charge is 0.495 e. The first-order chi connectivity index (χ1) is 6.61. The zero-order chi connectivity index (χ0) is 10.7. The maximum atomic E-state index is 13.3. The summed E-state index contributed by atoms with van der Waals surface area (Å²) >= 11 is 5.80. The van der Waals surface area contributed by atoms with E-state index in [4.69, 9.17) is 21.4 Å². The second-order valence-corrected chi connectivity index (χ2v) is 3.36. The van der Waals surface area contributed by atoms with Crippen molar-refractivity contribution in [2.24, 2.45) is 0 Å². The molecule has 14 heavy (non-hydrogen) atoms. The van der Waals surface area contributed by atoms with E-state index in [1.807, 2.05) is 0 Å². The highest BCUT2D eigenvalue weighted by Gasteiger charge is 2.14. The summed E-state index contributed by atoms with van der Waals surface area (Å²) in [6, 6.07) is 1.22. The van der Waals surface area contributed by atoms with Crippen molar-refractivity contribution in [2.75, 3.05) is 13.7 Å². The molecule has 0 aliphatic heterocycles. The Hall–Kier alpha value is -0.800. The van der Waals surface area contributed by atoms with Crippen LogP contribution in [0, 0.1) is 12.7 Å². The summed E-state index contributed by atoms with van der Waals surface area (Å²) in [5.41, 5.74) is 1.10. The summed E-state index contributed by atoms with van der Waals surface area (Å²) in [7, 11) is 1.47. The third-order valence-electron chi connectivity index (χ3n) is 2.12. The van der Waals surface area contributed by atoms with E-state index in [1.165, 1.54) is 13.2 Å². The van der Waals surface area contributed by atoms with Crippen LogP contribution in [0.4, 0.5) is 4.39 Å². The summed E-state index contributed by atoms with van der Waals surface area (Å²) in [5.74, 6) is 0.0684. The highest BCUT2D eigenvalue weighted by atomic mass is 35.5. The standard InChI is InChI=1S/C10H12ClFO2/c1-6-7(3-4-13)10(14-2)8(11)5-9(6)12/h5,13H,3-4H2,1-2H3. The average molecular weight is 219 g/mol. The van der Waals surface area contributed by atoms with Crippen LogP contribution in [0.3, 0.4) is 0 Å². The first-order valence-electron chi connectivity index (χ1n) is 4.24. The van der Waals surface area contributed by atoms with Crippen LogP contribution in [0.5, 0.6) is 5.75 Å². The van der Waals surface area contributed by atoms with Crippen LogP contribution < -0.4 is 4.74 Å². The highest BCUT2D eigenvalue weighted by Crippen LogP contribution is 2.32. The molecule has 0 spiro atoms. The number of ether oxygens (including phenoxy) is 1. The summed E-state index contributed by atoms with van der Waals surface area (Å²) in [6.07, 6.45) is 0.340. The van der Waals surface area contributed by atoms with Crippen LogP contribution in [0.2, 0.25) is 5.02 Å². The van der Waals surface area contributed by atoms with Gasteiger partial charge in [0.2, 0.25) is 0 Å². The summed E-state index contributed by atoms with van der Waals surface area (Å²) in [5, 5.41) is 9.06. The molecule has 0 heterocycles. The predicted octanol–water partition coefficient (Wildman–Crippen LogP) is 2.33. The quantitative estimate of drug-likeness (QED) is 0.844. The minimum Gasteiger partial charge on any atom is -0.495 e. The van der Waals surface area contributed by atoms with Crippen molar-refractivity contribution >= 4 is 11.6 Å². The molecule has 78 valence electrons. The van der Waals surface area contributed by atoms with Crippen molar-refractivity contribution in [3.63, 3.8) is 0 Å². The van der Waals surface area contributed by atoms with Crippen LogP contribution in [-0.4, -0.2) is 18.8 Å². The first-order valence-corrected chi connectivity index (χ1v) is 4.62. The average Bonchev–Trinajstić information content (AvgIpc) is 2.14. The Morgan fingerprint density at radius 2 is 2.21 bits per heavy atom. The fourth-order valence-electron chi connectivity index (χ4n) is 1.38. The zero-order valence-electron chi connectivity index (χ0n) is 8.10. The van der Waals surface area contributed by atoms with Gasteiger partial charge in [0.25, 0.3) is 0 Å². The Labute approximate surface area is 87.3 Å². The fraction of sp³-hybridized carbons (Fsp3) is 0.400. The number of hydrogen-bond donors (Lipinski definition) is 1. The molecule has 0 saturated carbocycles. The molecule has 0 saturated heterocycles. The summed E-state index contributed by atoms with van der Waals surface area (Å²) < 4.78 is 18.3. The van der Waals surface area contributed by atoms with Gasteiger partial charge in [0, 0.05) is 12.2 Å².